The van der Waals surface area contributed by atoms with Gasteiger partial charge in [0.05, 0.1) is 29.9 Å². The lowest BCUT2D eigenvalue weighted by atomic mass is 10.2. The summed E-state index contributed by atoms with van der Waals surface area (Å²) in [6.45, 7) is 5.95. The summed E-state index contributed by atoms with van der Waals surface area (Å²) in [5.74, 6) is 0.340. The molecule has 110 valence electrons. The van der Waals surface area contributed by atoms with Crippen LogP contribution in [0.1, 0.15) is 24.1 Å². The molecule has 0 aliphatic rings. The second kappa shape index (κ2) is 6.69. The predicted molar refractivity (Wildman–Crippen MR) is 79.0 cm³/mol. The molecule has 0 fully saturated rings. The van der Waals surface area contributed by atoms with E-state index in [4.69, 9.17) is 9.15 Å². The standard InChI is InChI=1S/C15H17N3O3/c1-4-20-15-16-10(2)14(11(3)17-15)18-13(19)8-7-12-6-5-9-21-12/h5-9H,4H2,1-3H3,(H,18,19)/b8-7+. The van der Waals surface area contributed by atoms with Gasteiger partial charge >= 0.3 is 6.01 Å². The fourth-order valence-electron chi connectivity index (χ4n) is 1.77. The highest BCUT2D eigenvalue weighted by atomic mass is 16.5. The third-order valence-corrected chi connectivity index (χ3v) is 2.71. The molecule has 0 aliphatic heterocycles. The molecule has 6 heteroatoms. The van der Waals surface area contributed by atoms with Crippen molar-refractivity contribution < 1.29 is 13.9 Å². The van der Waals surface area contributed by atoms with E-state index in [1.165, 1.54) is 6.08 Å². The van der Waals surface area contributed by atoms with Gasteiger partial charge in [0.25, 0.3) is 0 Å². The van der Waals surface area contributed by atoms with Gasteiger partial charge in [-0.2, -0.15) is 9.97 Å². The summed E-state index contributed by atoms with van der Waals surface area (Å²) in [7, 11) is 0. The van der Waals surface area contributed by atoms with Crippen molar-refractivity contribution in [1.82, 2.24) is 9.97 Å². The summed E-state index contributed by atoms with van der Waals surface area (Å²) in [4.78, 5) is 20.3. The summed E-state index contributed by atoms with van der Waals surface area (Å²) in [5, 5.41) is 2.76. The Morgan fingerprint density at radius 3 is 2.67 bits per heavy atom. The molecule has 21 heavy (non-hydrogen) atoms. The number of anilines is 1. The fourth-order valence-corrected chi connectivity index (χ4v) is 1.77. The van der Waals surface area contributed by atoms with Crippen molar-refractivity contribution in [2.75, 3.05) is 11.9 Å². The highest BCUT2D eigenvalue weighted by Gasteiger charge is 2.10. The zero-order valence-corrected chi connectivity index (χ0v) is 12.2. The molecule has 1 amide bonds. The van der Waals surface area contributed by atoms with Gasteiger partial charge in [0.15, 0.2) is 0 Å². The van der Waals surface area contributed by atoms with E-state index in [9.17, 15) is 4.79 Å². The first kappa shape index (κ1) is 14.8. The predicted octanol–water partition coefficient (Wildman–Crippen LogP) is 2.74. The third kappa shape index (κ3) is 3.92. The van der Waals surface area contributed by atoms with Crippen LogP contribution in [0.3, 0.4) is 0 Å². The molecule has 2 rings (SSSR count). The maximum atomic E-state index is 11.9. The van der Waals surface area contributed by atoms with Crippen LogP contribution in [0.25, 0.3) is 6.08 Å². The highest BCUT2D eigenvalue weighted by Crippen LogP contribution is 2.19. The van der Waals surface area contributed by atoms with E-state index >= 15 is 0 Å². The number of carbonyl (C=O) groups is 1. The number of hydrogen-bond acceptors (Lipinski definition) is 5. The van der Waals surface area contributed by atoms with E-state index in [2.05, 4.69) is 15.3 Å². The van der Waals surface area contributed by atoms with E-state index in [1.54, 1.807) is 38.3 Å². The molecule has 1 N–H and O–H groups in total. The van der Waals surface area contributed by atoms with Crippen molar-refractivity contribution in [2.24, 2.45) is 0 Å². The zero-order chi connectivity index (χ0) is 15.2. The van der Waals surface area contributed by atoms with Gasteiger partial charge in [-0.15, -0.1) is 0 Å². The van der Waals surface area contributed by atoms with E-state index < -0.39 is 0 Å². The molecule has 0 radical (unpaired) electrons. The number of ether oxygens (including phenoxy) is 1. The third-order valence-electron chi connectivity index (χ3n) is 2.71. The summed E-state index contributed by atoms with van der Waals surface area (Å²) < 4.78 is 10.4. The van der Waals surface area contributed by atoms with Crippen LogP contribution in [0.2, 0.25) is 0 Å². The Kier molecular flexibility index (Phi) is 4.71. The molecule has 0 aliphatic carbocycles. The molecule has 0 atom stereocenters. The number of carbonyl (C=O) groups excluding carboxylic acids is 1. The second-order valence-electron chi connectivity index (χ2n) is 4.32. The first-order valence-corrected chi connectivity index (χ1v) is 6.60. The molecule has 0 bridgehead atoms. The number of amides is 1. The quantitative estimate of drug-likeness (QED) is 0.855. The Bertz CT molecular complexity index is 625. The van der Waals surface area contributed by atoms with E-state index in [0.29, 0.717) is 35.5 Å². The first-order valence-electron chi connectivity index (χ1n) is 6.60. The van der Waals surface area contributed by atoms with E-state index in [-0.39, 0.29) is 5.91 Å². The number of aromatic nitrogens is 2. The number of rotatable bonds is 5. The van der Waals surface area contributed by atoms with Gasteiger partial charge in [0.2, 0.25) is 5.91 Å². The lowest BCUT2D eigenvalue weighted by molar-refractivity contribution is -0.111. The van der Waals surface area contributed by atoms with Gasteiger partial charge < -0.3 is 14.5 Å². The molecule has 0 unspecified atom stereocenters. The SMILES string of the molecule is CCOc1nc(C)c(NC(=O)/C=C/c2ccco2)c(C)n1. The lowest BCUT2D eigenvalue weighted by Gasteiger charge is -2.10. The summed E-state index contributed by atoms with van der Waals surface area (Å²) >= 11 is 0. The Labute approximate surface area is 122 Å². The summed E-state index contributed by atoms with van der Waals surface area (Å²) in [6.07, 6.45) is 4.54. The van der Waals surface area contributed by atoms with Gasteiger partial charge in [-0.05, 0) is 39.0 Å². The topological polar surface area (TPSA) is 77.2 Å². The molecule has 2 aromatic heterocycles. The smallest absolute Gasteiger partial charge is 0.316 e. The number of aryl methyl sites for hydroxylation is 2. The monoisotopic (exact) mass is 287 g/mol. The Morgan fingerprint density at radius 1 is 1.38 bits per heavy atom. The number of nitrogens with zero attached hydrogens (tertiary/aromatic N) is 2. The molecule has 0 spiro atoms. The van der Waals surface area contributed by atoms with Crippen molar-refractivity contribution in [1.29, 1.82) is 0 Å². The number of hydrogen-bond donors (Lipinski definition) is 1. The summed E-state index contributed by atoms with van der Waals surface area (Å²) in [6, 6.07) is 3.84. The molecular weight excluding hydrogens is 270 g/mol. The van der Waals surface area contributed by atoms with Crippen LogP contribution in [0, 0.1) is 13.8 Å². The van der Waals surface area contributed by atoms with Crippen LogP contribution >= 0.6 is 0 Å². The minimum atomic E-state index is -0.273. The van der Waals surface area contributed by atoms with Crippen LogP contribution in [-0.2, 0) is 4.79 Å². The molecule has 2 aromatic rings. The molecule has 0 aromatic carbocycles. The normalized spacial score (nSPS) is 10.8. The minimum absolute atomic E-state index is 0.273. The maximum Gasteiger partial charge on any atom is 0.316 e. The molecule has 0 saturated heterocycles. The molecule has 2 heterocycles. The zero-order valence-electron chi connectivity index (χ0n) is 12.2. The van der Waals surface area contributed by atoms with Crippen LogP contribution in [0.5, 0.6) is 6.01 Å². The molecule has 6 nitrogen and oxygen atoms in total. The Morgan fingerprint density at radius 2 is 2.10 bits per heavy atom. The van der Waals surface area contributed by atoms with Gasteiger partial charge in [0, 0.05) is 6.08 Å². The van der Waals surface area contributed by atoms with Gasteiger partial charge in [-0.25, -0.2) is 0 Å². The molecular formula is C15H17N3O3. The van der Waals surface area contributed by atoms with E-state index in [1.807, 2.05) is 6.92 Å². The molecule has 0 saturated carbocycles. The average molecular weight is 287 g/mol. The average Bonchev–Trinajstić information content (AvgIpc) is 2.94. The van der Waals surface area contributed by atoms with Gasteiger partial charge in [-0.3, -0.25) is 4.79 Å². The second-order valence-corrected chi connectivity index (χ2v) is 4.32. The van der Waals surface area contributed by atoms with Crippen molar-refractivity contribution in [3.05, 3.63) is 41.6 Å². The number of furan rings is 1. The van der Waals surface area contributed by atoms with Crippen molar-refractivity contribution >= 4 is 17.7 Å². The number of nitrogens with one attached hydrogen (secondary N) is 1. The van der Waals surface area contributed by atoms with Crippen LogP contribution in [0.15, 0.2) is 28.9 Å². The van der Waals surface area contributed by atoms with Crippen molar-refractivity contribution in [3.8, 4) is 6.01 Å². The van der Waals surface area contributed by atoms with Gasteiger partial charge in [0.1, 0.15) is 5.76 Å². The van der Waals surface area contributed by atoms with Crippen LogP contribution in [-0.4, -0.2) is 22.5 Å². The van der Waals surface area contributed by atoms with Crippen LogP contribution in [0.4, 0.5) is 5.69 Å². The van der Waals surface area contributed by atoms with Gasteiger partial charge in [-0.1, -0.05) is 0 Å². The largest absolute Gasteiger partial charge is 0.465 e. The fraction of sp³-hybridized carbons (Fsp3) is 0.267. The van der Waals surface area contributed by atoms with Crippen LogP contribution < -0.4 is 10.1 Å². The highest BCUT2D eigenvalue weighted by molar-refractivity contribution is 6.02. The lowest BCUT2D eigenvalue weighted by Crippen LogP contribution is -2.13. The Hall–Kier alpha value is -2.63. The van der Waals surface area contributed by atoms with E-state index in [0.717, 1.165) is 0 Å². The van der Waals surface area contributed by atoms with Crippen molar-refractivity contribution in [3.63, 3.8) is 0 Å². The summed E-state index contributed by atoms with van der Waals surface area (Å²) in [5.41, 5.74) is 1.91. The maximum absolute atomic E-state index is 11.9. The Balaban J connectivity index is 2.10. The van der Waals surface area contributed by atoms with Crippen molar-refractivity contribution in [2.45, 2.75) is 20.8 Å². The first-order chi connectivity index (χ1) is 10.1. The minimum Gasteiger partial charge on any atom is -0.465 e.